The first kappa shape index (κ1) is 16.5. The lowest BCUT2D eigenvalue weighted by Gasteiger charge is -2.32. The average molecular weight is 309 g/mol. The van der Waals surface area contributed by atoms with Crippen molar-refractivity contribution >= 4 is 10.0 Å². The van der Waals surface area contributed by atoms with Crippen LogP contribution in [0.25, 0.3) is 0 Å². The monoisotopic (exact) mass is 309 g/mol. The smallest absolute Gasteiger partial charge is 0.207 e. The van der Waals surface area contributed by atoms with Crippen molar-refractivity contribution in [2.45, 2.75) is 69.7 Å². The molecule has 0 spiro atoms. The summed E-state index contributed by atoms with van der Waals surface area (Å²) < 4.78 is 27.2. The van der Waals surface area contributed by atoms with Gasteiger partial charge in [-0.25, -0.2) is 8.42 Å². The molecule has 0 radical (unpaired) electrons. The van der Waals surface area contributed by atoms with Gasteiger partial charge in [-0.15, -0.1) is 0 Å². The molecule has 1 unspecified atom stereocenters. The molecular weight excluding hydrogens is 282 g/mol. The molecule has 1 fully saturated rings. The zero-order chi connectivity index (χ0) is 15.7. The van der Waals surface area contributed by atoms with Crippen LogP contribution in [0.3, 0.4) is 0 Å². The van der Waals surface area contributed by atoms with E-state index in [1.54, 1.807) is 16.4 Å². The van der Waals surface area contributed by atoms with E-state index in [4.69, 9.17) is 0 Å². The first-order valence-corrected chi connectivity index (χ1v) is 9.35. The molecule has 0 amide bonds. The topological polar surface area (TPSA) is 37.4 Å². The summed E-state index contributed by atoms with van der Waals surface area (Å²) in [5, 5.41) is 0. The Balaban J connectivity index is 2.29. The molecular formula is C17H27NO2S. The Hall–Kier alpha value is -0.870. The van der Waals surface area contributed by atoms with Crippen LogP contribution in [-0.2, 0) is 15.4 Å². The summed E-state index contributed by atoms with van der Waals surface area (Å²) in [6.07, 6.45) is 4.07. The van der Waals surface area contributed by atoms with Crippen LogP contribution in [0.2, 0.25) is 0 Å². The van der Waals surface area contributed by atoms with Gasteiger partial charge in [0.1, 0.15) is 0 Å². The van der Waals surface area contributed by atoms with Gasteiger partial charge in [-0.05, 0) is 49.3 Å². The number of nitrogens with zero attached hydrogens (tertiary/aromatic N) is 1. The van der Waals surface area contributed by atoms with Gasteiger partial charge < -0.3 is 0 Å². The van der Waals surface area contributed by atoms with Gasteiger partial charge in [-0.2, -0.15) is 4.31 Å². The van der Waals surface area contributed by atoms with Crippen LogP contribution >= 0.6 is 0 Å². The van der Waals surface area contributed by atoms with Crippen LogP contribution in [0.5, 0.6) is 0 Å². The first-order chi connectivity index (χ1) is 9.79. The SMILES string of the molecule is CCC(C)(C)c1ccc(S(=O)(=O)N2CCCCC2C)cc1. The van der Waals surface area contributed by atoms with Gasteiger partial charge in [0.25, 0.3) is 0 Å². The molecule has 21 heavy (non-hydrogen) atoms. The molecule has 1 aliphatic rings. The maximum absolute atomic E-state index is 12.8. The minimum atomic E-state index is -3.35. The molecule has 2 rings (SSSR count). The highest BCUT2D eigenvalue weighted by molar-refractivity contribution is 7.89. The second kappa shape index (κ2) is 6.09. The highest BCUT2D eigenvalue weighted by atomic mass is 32.2. The van der Waals surface area contributed by atoms with Crippen molar-refractivity contribution in [3.8, 4) is 0 Å². The summed E-state index contributed by atoms with van der Waals surface area (Å²) in [7, 11) is -3.35. The van der Waals surface area contributed by atoms with E-state index < -0.39 is 10.0 Å². The van der Waals surface area contributed by atoms with Crippen molar-refractivity contribution in [1.82, 2.24) is 4.31 Å². The minimum Gasteiger partial charge on any atom is -0.207 e. The van der Waals surface area contributed by atoms with Gasteiger partial charge in [0.05, 0.1) is 4.90 Å². The third-order valence-corrected chi connectivity index (χ3v) is 6.90. The molecule has 3 nitrogen and oxygen atoms in total. The number of benzene rings is 1. The third kappa shape index (κ3) is 3.32. The van der Waals surface area contributed by atoms with Crippen LogP contribution in [-0.4, -0.2) is 25.3 Å². The fourth-order valence-electron chi connectivity index (χ4n) is 2.85. The lowest BCUT2D eigenvalue weighted by Crippen LogP contribution is -2.41. The van der Waals surface area contributed by atoms with Gasteiger partial charge in [-0.1, -0.05) is 39.3 Å². The summed E-state index contributed by atoms with van der Waals surface area (Å²) in [5.74, 6) is 0. The van der Waals surface area contributed by atoms with E-state index in [0.717, 1.165) is 25.7 Å². The Kier molecular flexibility index (Phi) is 4.79. The molecule has 1 aliphatic heterocycles. The van der Waals surface area contributed by atoms with E-state index in [1.807, 2.05) is 19.1 Å². The van der Waals surface area contributed by atoms with Crippen LogP contribution in [0.15, 0.2) is 29.2 Å². The fraction of sp³-hybridized carbons (Fsp3) is 0.647. The average Bonchev–Trinajstić information content (AvgIpc) is 2.47. The molecule has 1 heterocycles. The summed E-state index contributed by atoms with van der Waals surface area (Å²) in [4.78, 5) is 0.423. The van der Waals surface area contributed by atoms with Crippen molar-refractivity contribution in [3.05, 3.63) is 29.8 Å². The summed E-state index contributed by atoms with van der Waals surface area (Å²) >= 11 is 0. The van der Waals surface area contributed by atoms with Gasteiger partial charge in [0.15, 0.2) is 0 Å². The molecule has 4 heteroatoms. The predicted octanol–water partition coefficient (Wildman–Crippen LogP) is 3.94. The zero-order valence-electron chi connectivity index (χ0n) is 13.6. The van der Waals surface area contributed by atoms with Crippen LogP contribution in [0, 0.1) is 0 Å². The largest absolute Gasteiger partial charge is 0.243 e. The van der Waals surface area contributed by atoms with Gasteiger partial charge >= 0.3 is 0 Å². The van der Waals surface area contributed by atoms with E-state index in [1.165, 1.54) is 5.56 Å². The highest BCUT2D eigenvalue weighted by Crippen LogP contribution is 2.29. The quantitative estimate of drug-likeness (QED) is 0.845. The molecule has 0 bridgehead atoms. The summed E-state index contributed by atoms with van der Waals surface area (Å²) in [6, 6.07) is 7.57. The Labute approximate surface area is 129 Å². The number of rotatable bonds is 4. The molecule has 1 atom stereocenters. The Morgan fingerprint density at radius 1 is 1.19 bits per heavy atom. The fourth-order valence-corrected chi connectivity index (χ4v) is 4.55. The molecule has 0 saturated carbocycles. The zero-order valence-corrected chi connectivity index (χ0v) is 14.4. The van der Waals surface area contributed by atoms with Gasteiger partial charge in [-0.3, -0.25) is 0 Å². The first-order valence-electron chi connectivity index (χ1n) is 7.91. The van der Waals surface area contributed by atoms with E-state index in [2.05, 4.69) is 20.8 Å². The van der Waals surface area contributed by atoms with E-state index in [9.17, 15) is 8.42 Å². The summed E-state index contributed by atoms with van der Waals surface area (Å²) in [5.41, 5.74) is 1.27. The molecule has 0 N–H and O–H groups in total. The molecule has 0 aliphatic carbocycles. The number of sulfonamides is 1. The maximum atomic E-state index is 12.8. The van der Waals surface area contributed by atoms with Crippen molar-refractivity contribution < 1.29 is 8.42 Å². The lowest BCUT2D eigenvalue weighted by atomic mass is 9.82. The Bertz CT molecular complexity index is 575. The van der Waals surface area contributed by atoms with Crippen molar-refractivity contribution in [2.75, 3.05) is 6.54 Å². The van der Waals surface area contributed by atoms with E-state index in [-0.39, 0.29) is 11.5 Å². The minimum absolute atomic E-state index is 0.0840. The number of hydrogen-bond acceptors (Lipinski definition) is 2. The second-order valence-corrected chi connectivity index (χ2v) is 8.61. The molecule has 118 valence electrons. The van der Waals surface area contributed by atoms with Crippen molar-refractivity contribution in [2.24, 2.45) is 0 Å². The molecule has 0 aromatic heterocycles. The molecule has 1 aromatic carbocycles. The van der Waals surface area contributed by atoms with Gasteiger partial charge in [0, 0.05) is 12.6 Å². The lowest BCUT2D eigenvalue weighted by molar-refractivity contribution is 0.268. The van der Waals surface area contributed by atoms with Crippen molar-refractivity contribution in [3.63, 3.8) is 0 Å². The standard InChI is InChI=1S/C17H27NO2S/c1-5-17(3,4)15-9-11-16(12-10-15)21(19,20)18-13-7-6-8-14(18)2/h9-12,14H,5-8,13H2,1-4H3. The Morgan fingerprint density at radius 2 is 1.81 bits per heavy atom. The predicted molar refractivity (Wildman–Crippen MR) is 87.0 cm³/mol. The number of hydrogen-bond donors (Lipinski definition) is 0. The summed E-state index contributed by atoms with van der Waals surface area (Å²) in [6.45, 7) is 9.17. The second-order valence-electron chi connectivity index (χ2n) is 6.72. The van der Waals surface area contributed by atoms with E-state index in [0.29, 0.717) is 11.4 Å². The molecule has 1 saturated heterocycles. The highest BCUT2D eigenvalue weighted by Gasteiger charge is 2.31. The van der Waals surface area contributed by atoms with E-state index >= 15 is 0 Å². The maximum Gasteiger partial charge on any atom is 0.243 e. The van der Waals surface area contributed by atoms with Crippen molar-refractivity contribution in [1.29, 1.82) is 0 Å². The molecule has 1 aromatic rings. The number of piperidine rings is 1. The van der Waals surface area contributed by atoms with Crippen LogP contribution < -0.4 is 0 Å². The normalized spacial score (nSPS) is 21.4. The van der Waals surface area contributed by atoms with Crippen LogP contribution in [0.1, 0.15) is 58.9 Å². The third-order valence-electron chi connectivity index (χ3n) is 4.87. The van der Waals surface area contributed by atoms with Crippen LogP contribution in [0.4, 0.5) is 0 Å². The Morgan fingerprint density at radius 3 is 2.33 bits per heavy atom. The van der Waals surface area contributed by atoms with Gasteiger partial charge in [0.2, 0.25) is 10.0 Å².